The number of rotatable bonds is 7. The maximum Gasteiger partial charge on any atom is 0.233 e. The summed E-state index contributed by atoms with van der Waals surface area (Å²) in [6.07, 6.45) is 7.58. The van der Waals surface area contributed by atoms with E-state index in [1.165, 1.54) is 0 Å². The molecule has 0 radical (unpaired) electrons. The first kappa shape index (κ1) is 18.8. The second-order valence-electron chi connectivity index (χ2n) is 7.04. The predicted molar refractivity (Wildman–Crippen MR) is 100 cm³/mol. The molecule has 0 aromatic carbocycles. The molecule has 1 saturated carbocycles. The number of nitrogens with zero attached hydrogens (tertiary/aromatic N) is 3. The third-order valence-corrected chi connectivity index (χ3v) is 7.95. The lowest BCUT2D eigenvalue weighted by Crippen LogP contribution is -2.47. The van der Waals surface area contributed by atoms with Crippen molar-refractivity contribution in [2.45, 2.75) is 50.6 Å². The average Bonchev–Trinajstić information content (AvgIpc) is 3.28. The third kappa shape index (κ3) is 4.78. The highest BCUT2D eigenvalue weighted by atomic mass is 32.2. The molecular formula is C17H27N3O3S2. The maximum absolute atomic E-state index is 12.8. The van der Waals surface area contributed by atoms with Crippen LogP contribution in [-0.4, -0.2) is 64.1 Å². The molecule has 3 rings (SSSR count). The molecule has 2 heterocycles. The van der Waals surface area contributed by atoms with Crippen molar-refractivity contribution < 1.29 is 13.2 Å². The lowest BCUT2D eigenvalue weighted by Gasteiger charge is -2.34. The second kappa shape index (κ2) is 8.12. The number of aromatic nitrogens is 2. The van der Waals surface area contributed by atoms with Gasteiger partial charge in [-0.15, -0.1) is 0 Å². The molecule has 1 aliphatic carbocycles. The van der Waals surface area contributed by atoms with Gasteiger partial charge >= 0.3 is 0 Å². The summed E-state index contributed by atoms with van der Waals surface area (Å²) in [7, 11) is -1.05. The second-order valence-corrected chi connectivity index (χ2v) is 10.4. The van der Waals surface area contributed by atoms with Gasteiger partial charge in [-0.2, -0.15) is 16.9 Å². The van der Waals surface area contributed by atoms with Crippen molar-refractivity contribution in [3.63, 3.8) is 0 Å². The normalized spacial score (nSPS) is 23.2. The van der Waals surface area contributed by atoms with Crippen LogP contribution in [0.15, 0.2) is 12.3 Å². The summed E-state index contributed by atoms with van der Waals surface area (Å²) in [5.74, 6) is 1.79. The third-order valence-electron chi connectivity index (χ3n) is 5.26. The fourth-order valence-electron chi connectivity index (χ4n) is 3.94. The molecule has 0 bridgehead atoms. The van der Waals surface area contributed by atoms with Crippen LogP contribution in [0, 0.1) is 0 Å². The fraction of sp³-hybridized carbons (Fsp3) is 0.765. The minimum atomic E-state index is -2.97. The Morgan fingerprint density at radius 1 is 1.32 bits per heavy atom. The zero-order valence-corrected chi connectivity index (χ0v) is 16.4. The van der Waals surface area contributed by atoms with E-state index in [1.807, 2.05) is 22.7 Å². The molecule has 0 spiro atoms. The van der Waals surface area contributed by atoms with Gasteiger partial charge in [0, 0.05) is 31.0 Å². The van der Waals surface area contributed by atoms with Crippen LogP contribution in [-0.2, 0) is 28.1 Å². The zero-order chi connectivity index (χ0) is 17.9. The van der Waals surface area contributed by atoms with E-state index < -0.39 is 9.84 Å². The van der Waals surface area contributed by atoms with Crippen LogP contribution >= 0.6 is 11.8 Å². The molecule has 140 valence electrons. The Bertz CT molecular complexity index is 696. The Balaban J connectivity index is 1.54. The summed E-state index contributed by atoms with van der Waals surface area (Å²) in [6, 6.07) is 2.12. The van der Waals surface area contributed by atoms with Gasteiger partial charge in [-0.25, -0.2) is 8.42 Å². The van der Waals surface area contributed by atoms with Gasteiger partial charge in [0.1, 0.15) is 0 Å². The van der Waals surface area contributed by atoms with Crippen LogP contribution in [0.1, 0.15) is 37.8 Å². The number of amides is 1. The van der Waals surface area contributed by atoms with E-state index in [0.717, 1.165) is 43.6 Å². The summed E-state index contributed by atoms with van der Waals surface area (Å²) >= 11 is 1.63. The largest absolute Gasteiger partial charge is 0.335 e. The number of sulfone groups is 1. The Hall–Kier alpha value is -1.02. The smallest absolute Gasteiger partial charge is 0.233 e. The Morgan fingerprint density at radius 2 is 2.08 bits per heavy atom. The van der Waals surface area contributed by atoms with Gasteiger partial charge in [0.2, 0.25) is 5.91 Å². The van der Waals surface area contributed by atoms with E-state index in [-0.39, 0.29) is 29.5 Å². The average molecular weight is 386 g/mol. The number of thioether (sulfide) groups is 1. The van der Waals surface area contributed by atoms with Gasteiger partial charge in [-0.3, -0.25) is 9.48 Å². The van der Waals surface area contributed by atoms with Crippen LogP contribution in [0.2, 0.25) is 0 Å². The lowest BCUT2D eigenvalue weighted by molar-refractivity contribution is -0.132. The molecule has 1 aromatic heterocycles. The van der Waals surface area contributed by atoms with Crippen molar-refractivity contribution >= 4 is 27.5 Å². The molecule has 8 heteroatoms. The van der Waals surface area contributed by atoms with Gasteiger partial charge in [-0.1, -0.05) is 12.8 Å². The van der Waals surface area contributed by atoms with Gasteiger partial charge < -0.3 is 4.90 Å². The summed E-state index contributed by atoms with van der Waals surface area (Å²) < 4.78 is 25.6. The highest BCUT2D eigenvalue weighted by Crippen LogP contribution is 2.29. The standard InChI is InChI=1S/C17H27N3O3S2/c1-19-14(6-9-18-19)7-10-24-12-17(21)20(15-4-2-3-5-15)16-8-11-25(22,23)13-16/h6,9,15-16H,2-5,7-8,10-13H2,1H3. The Labute approximate surface area is 154 Å². The maximum atomic E-state index is 12.8. The number of carbonyl (C=O) groups is 1. The Morgan fingerprint density at radius 3 is 2.68 bits per heavy atom. The summed E-state index contributed by atoms with van der Waals surface area (Å²) in [5.41, 5.74) is 1.16. The molecule has 2 aliphatic rings. The first-order valence-corrected chi connectivity index (χ1v) is 12.0. The molecule has 0 N–H and O–H groups in total. The molecule has 6 nitrogen and oxygen atoms in total. The molecule has 2 fully saturated rings. The van der Waals surface area contributed by atoms with E-state index in [2.05, 4.69) is 5.10 Å². The first-order valence-electron chi connectivity index (χ1n) is 9.02. The quantitative estimate of drug-likeness (QED) is 0.668. The topological polar surface area (TPSA) is 72.3 Å². The van der Waals surface area contributed by atoms with Crippen LogP contribution in [0.25, 0.3) is 0 Å². The fourth-order valence-corrected chi connectivity index (χ4v) is 6.47. The van der Waals surface area contributed by atoms with Gasteiger partial charge in [0.15, 0.2) is 9.84 Å². The number of hydrogen-bond donors (Lipinski definition) is 0. The SMILES string of the molecule is Cn1nccc1CCSCC(=O)N(C1CCCC1)C1CCS(=O)(=O)C1. The molecule has 1 saturated heterocycles. The van der Waals surface area contributed by atoms with Crippen molar-refractivity contribution in [1.82, 2.24) is 14.7 Å². The highest BCUT2D eigenvalue weighted by Gasteiger charge is 2.38. The first-order chi connectivity index (χ1) is 12.0. The number of hydrogen-bond acceptors (Lipinski definition) is 5. The zero-order valence-electron chi connectivity index (χ0n) is 14.8. The molecule has 1 aliphatic heterocycles. The van der Waals surface area contributed by atoms with Crippen LogP contribution < -0.4 is 0 Å². The van der Waals surface area contributed by atoms with Crippen LogP contribution in [0.4, 0.5) is 0 Å². The monoisotopic (exact) mass is 385 g/mol. The molecule has 1 aromatic rings. The predicted octanol–water partition coefficient (Wildman–Crippen LogP) is 1.65. The van der Waals surface area contributed by atoms with Crippen molar-refractivity contribution in [1.29, 1.82) is 0 Å². The Kier molecular flexibility index (Phi) is 6.09. The van der Waals surface area contributed by atoms with Crippen molar-refractivity contribution in [2.24, 2.45) is 7.05 Å². The van der Waals surface area contributed by atoms with Gasteiger partial charge in [-0.05, 0) is 37.5 Å². The molecule has 1 amide bonds. The van der Waals surface area contributed by atoms with Crippen molar-refractivity contribution in [3.8, 4) is 0 Å². The van der Waals surface area contributed by atoms with Gasteiger partial charge in [0.25, 0.3) is 0 Å². The van der Waals surface area contributed by atoms with Crippen LogP contribution in [0.3, 0.4) is 0 Å². The van der Waals surface area contributed by atoms with Crippen molar-refractivity contribution in [2.75, 3.05) is 23.0 Å². The minimum Gasteiger partial charge on any atom is -0.335 e. The molecule has 1 atom stereocenters. The summed E-state index contributed by atoms with van der Waals surface area (Å²) in [4.78, 5) is 14.8. The van der Waals surface area contributed by atoms with E-state index >= 15 is 0 Å². The number of aryl methyl sites for hydroxylation is 2. The van der Waals surface area contributed by atoms with E-state index in [0.29, 0.717) is 12.2 Å². The van der Waals surface area contributed by atoms with Crippen molar-refractivity contribution in [3.05, 3.63) is 18.0 Å². The summed E-state index contributed by atoms with van der Waals surface area (Å²) in [6.45, 7) is 0. The molecule has 25 heavy (non-hydrogen) atoms. The lowest BCUT2D eigenvalue weighted by atomic mass is 10.1. The molecular weight excluding hydrogens is 358 g/mol. The van der Waals surface area contributed by atoms with Gasteiger partial charge in [0.05, 0.1) is 17.3 Å². The molecule has 1 unspecified atom stereocenters. The highest BCUT2D eigenvalue weighted by molar-refractivity contribution is 7.99. The van der Waals surface area contributed by atoms with E-state index in [1.54, 1.807) is 18.0 Å². The van der Waals surface area contributed by atoms with E-state index in [4.69, 9.17) is 0 Å². The number of carbonyl (C=O) groups excluding carboxylic acids is 1. The van der Waals surface area contributed by atoms with Crippen LogP contribution in [0.5, 0.6) is 0 Å². The minimum absolute atomic E-state index is 0.113. The van der Waals surface area contributed by atoms with E-state index in [9.17, 15) is 13.2 Å². The summed E-state index contributed by atoms with van der Waals surface area (Å²) in [5, 5.41) is 4.15.